The van der Waals surface area contributed by atoms with Gasteiger partial charge in [-0.15, -0.1) is 0 Å². The highest BCUT2D eigenvalue weighted by Crippen LogP contribution is 2.23. The second-order valence-electron chi connectivity index (χ2n) is 3.01. The van der Waals surface area contributed by atoms with Crippen LogP contribution in [0, 0.1) is 0 Å². The average molecular weight is 190 g/mol. The molecular weight excluding hydrogens is 180 g/mol. The molecule has 3 unspecified atom stereocenters. The average Bonchev–Trinajstić information content (AvgIpc) is 2.28. The summed E-state index contributed by atoms with van der Waals surface area (Å²) in [5.74, 6) is -2.03. The zero-order chi connectivity index (χ0) is 10.2. The van der Waals surface area contributed by atoms with Gasteiger partial charge in [0.15, 0.2) is 6.10 Å². The van der Waals surface area contributed by atoms with Crippen molar-refractivity contribution in [2.24, 2.45) is 0 Å². The molecule has 0 amide bonds. The first-order valence-electron chi connectivity index (χ1n) is 3.68. The predicted octanol–water partition coefficient (Wildman–Crippen LogP) is -2.41. The fraction of sp³-hybridized carbons (Fsp3) is 0.714. The quantitative estimate of drug-likeness (QED) is 0.331. The molecule has 0 radical (unpaired) electrons. The van der Waals surface area contributed by atoms with Crippen LogP contribution in [-0.4, -0.2) is 51.5 Å². The Bertz CT molecular complexity index is 245. The molecule has 1 aliphatic heterocycles. The van der Waals surface area contributed by atoms with Crippen molar-refractivity contribution < 1.29 is 29.6 Å². The maximum atomic E-state index is 11.2. The molecule has 1 saturated heterocycles. The van der Waals surface area contributed by atoms with E-state index in [1.807, 2.05) is 0 Å². The van der Waals surface area contributed by atoms with Crippen LogP contribution in [0.4, 0.5) is 0 Å². The van der Waals surface area contributed by atoms with Crippen molar-refractivity contribution in [3.05, 3.63) is 0 Å². The van der Waals surface area contributed by atoms with Crippen LogP contribution < -0.4 is 0 Å². The monoisotopic (exact) mass is 190 g/mol. The van der Waals surface area contributed by atoms with Crippen LogP contribution in [0.1, 0.15) is 6.92 Å². The molecule has 6 heteroatoms. The first-order valence-corrected chi connectivity index (χ1v) is 3.68. The molecule has 1 heterocycles. The van der Waals surface area contributed by atoms with Gasteiger partial charge in [-0.25, -0.2) is 4.79 Å². The fourth-order valence-corrected chi connectivity index (χ4v) is 1.01. The number of ether oxygens (including phenoxy) is 1. The molecule has 0 spiro atoms. The molecule has 74 valence electrons. The number of carbonyl (C=O) groups excluding carboxylic acids is 2. The van der Waals surface area contributed by atoms with Gasteiger partial charge in [-0.05, 0) is 6.92 Å². The summed E-state index contributed by atoms with van der Waals surface area (Å²) in [6.45, 7) is 0.279. The number of esters is 1. The number of cyclic esters (lactones) is 1. The molecule has 0 saturated carbocycles. The van der Waals surface area contributed by atoms with E-state index in [1.54, 1.807) is 0 Å². The second kappa shape index (κ2) is 3.06. The maximum absolute atomic E-state index is 11.2. The summed E-state index contributed by atoms with van der Waals surface area (Å²) in [4.78, 5) is 22.0. The number of rotatable bonds is 2. The minimum Gasteiger partial charge on any atom is -0.449 e. The highest BCUT2D eigenvalue weighted by atomic mass is 16.6. The normalized spacial score (nSPS) is 36.2. The first-order chi connectivity index (χ1) is 5.91. The van der Waals surface area contributed by atoms with Crippen molar-refractivity contribution in [3.8, 4) is 0 Å². The molecule has 13 heavy (non-hydrogen) atoms. The summed E-state index contributed by atoms with van der Waals surface area (Å²) in [7, 11) is 0. The van der Waals surface area contributed by atoms with E-state index in [1.165, 1.54) is 0 Å². The van der Waals surface area contributed by atoms with Crippen molar-refractivity contribution in [2.75, 3.05) is 6.61 Å². The Morgan fingerprint density at radius 2 is 2.15 bits per heavy atom. The molecule has 1 aliphatic rings. The van der Waals surface area contributed by atoms with E-state index in [0.29, 0.717) is 0 Å². The maximum Gasteiger partial charge on any atom is 0.346 e. The fourth-order valence-electron chi connectivity index (χ4n) is 1.01. The van der Waals surface area contributed by atoms with Gasteiger partial charge in [0.25, 0.3) is 0 Å². The van der Waals surface area contributed by atoms with Crippen LogP contribution in [0.3, 0.4) is 0 Å². The summed E-state index contributed by atoms with van der Waals surface area (Å²) in [5.41, 5.74) is -2.21. The summed E-state index contributed by atoms with van der Waals surface area (Å²) in [6.07, 6.45) is -2.95. The van der Waals surface area contributed by atoms with Crippen molar-refractivity contribution >= 4 is 11.8 Å². The lowest BCUT2D eigenvalue weighted by Crippen LogP contribution is -2.42. The molecule has 0 aromatic rings. The van der Waals surface area contributed by atoms with Gasteiger partial charge in [-0.3, -0.25) is 4.79 Å². The third-order valence-electron chi connectivity index (χ3n) is 1.91. The van der Waals surface area contributed by atoms with E-state index < -0.39 is 36.2 Å². The summed E-state index contributed by atoms with van der Waals surface area (Å²) in [6, 6.07) is 0. The molecule has 0 aromatic carbocycles. The molecule has 6 nitrogen and oxygen atoms in total. The Hall–Kier alpha value is -0.980. The minimum absolute atomic E-state index is 0.709. The number of aliphatic hydroxyl groups is 3. The number of Topliss-reactive ketones (excluding diaryl/α,β-unsaturated/α-hetero) is 1. The largest absolute Gasteiger partial charge is 0.449 e. The van der Waals surface area contributed by atoms with Crippen molar-refractivity contribution in [2.45, 2.75) is 24.7 Å². The molecule has 0 bridgehead atoms. The van der Waals surface area contributed by atoms with Gasteiger partial charge in [0, 0.05) is 0 Å². The van der Waals surface area contributed by atoms with E-state index in [0.717, 1.165) is 6.92 Å². The topological polar surface area (TPSA) is 104 Å². The second-order valence-corrected chi connectivity index (χ2v) is 3.01. The van der Waals surface area contributed by atoms with Gasteiger partial charge in [-0.2, -0.15) is 0 Å². The van der Waals surface area contributed by atoms with Gasteiger partial charge in [0.1, 0.15) is 6.10 Å². The van der Waals surface area contributed by atoms with Crippen LogP contribution in [0.15, 0.2) is 0 Å². The van der Waals surface area contributed by atoms with Gasteiger partial charge < -0.3 is 20.1 Å². The Kier molecular flexibility index (Phi) is 2.38. The molecular formula is C7H10O6. The number of hydrogen-bond donors (Lipinski definition) is 3. The van der Waals surface area contributed by atoms with E-state index >= 15 is 0 Å². The van der Waals surface area contributed by atoms with E-state index in [4.69, 9.17) is 10.2 Å². The summed E-state index contributed by atoms with van der Waals surface area (Å²) >= 11 is 0. The van der Waals surface area contributed by atoms with Crippen LogP contribution in [0.5, 0.6) is 0 Å². The van der Waals surface area contributed by atoms with Crippen molar-refractivity contribution in [3.63, 3.8) is 0 Å². The molecule has 1 fully saturated rings. The SMILES string of the molecule is CC1(O)C(=O)OC(C(O)CO)C1=O. The van der Waals surface area contributed by atoms with E-state index in [2.05, 4.69) is 4.74 Å². The predicted molar refractivity (Wildman–Crippen MR) is 38.6 cm³/mol. The lowest BCUT2D eigenvalue weighted by atomic mass is 9.98. The lowest BCUT2D eigenvalue weighted by Gasteiger charge is -2.12. The third-order valence-corrected chi connectivity index (χ3v) is 1.91. The van der Waals surface area contributed by atoms with Gasteiger partial charge in [-0.1, -0.05) is 0 Å². The van der Waals surface area contributed by atoms with Crippen LogP contribution in [0.2, 0.25) is 0 Å². The molecule has 0 aromatic heterocycles. The Balaban J connectivity index is 2.86. The number of hydrogen-bond acceptors (Lipinski definition) is 6. The standard InChI is InChI=1S/C7H10O6/c1-7(12)5(10)4(3(9)2-8)13-6(7)11/h3-4,8-9,12H,2H2,1H3. The lowest BCUT2D eigenvalue weighted by molar-refractivity contribution is -0.156. The Morgan fingerprint density at radius 3 is 2.46 bits per heavy atom. The Labute approximate surface area is 73.7 Å². The Morgan fingerprint density at radius 1 is 1.62 bits per heavy atom. The van der Waals surface area contributed by atoms with Gasteiger partial charge in [0.2, 0.25) is 11.4 Å². The molecule has 3 N–H and O–H groups in total. The number of carbonyl (C=O) groups is 2. The van der Waals surface area contributed by atoms with Crippen LogP contribution in [0.25, 0.3) is 0 Å². The van der Waals surface area contributed by atoms with Gasteiger partial charge in [0.05, 0.1) is 6.61 Å². The van der Waals surface area contributed by atoms with Gasteiger partial charge >= 0.3 is 5.97 Å². The zero-order valence-corrected chi connectivity index (χ0v) is 6.93. The molecule has 1 rings (SSSR count). The zero-order valence-electron chi connectivity index (χ0n) is 6.93. The van der Waals surface area contributed by atoms with Crippen LogP contribution >= 0.6 is 0 Å². The first kappa shape index (κ1) is 10.1. The highest BCUT2D eigenvalue weighted by Gasteiger charge is 2.54. The number of aliphatic hydroxyl groups excluding tert-OH is 2. The van der Waals surface area contributed by atoms with Crippen molar-refractivity contribution in [1.82, 2.24) is 0 Å². The highest BCUT2D eigenvalue weighted by molar-refractivity contribution is 6.13. The van der Waals surface area contributed by atoms with Crippen LogP contribution in [-0.2, 0) is 14.3 Å². The van der Waals surface area contributed by atoms with E-state index in [9.17, 15) is 14.7 Å². The minimum atomic E-state index is -2.21. The smallest absolute Gasteiger partial charge is 0.346 e. The summed E-state index contributed by atoms with van der Waals surface area (Å²) in [5, 5.41) is 26.7. The summed E-state index contributed by atoms with van der Waals surface area (Å²) < 4.78 is 4.39. The molecule has 0 aliphatic carbocycles. The number of ketones is 1. The van der Waals surface area contributed by atoms with Crippen molar-refractivity contribution in [1.29, 1.82) is 0 Å². The molecule has 3 atom stereocenters. The third kappa shape index (κ3) is 1.43. The van der Waals surface area contributed by atoms with E-state index in [-0.39, 0.29) is 0 Å².